The van der Waals surface area contributed by atoms with E-state index in [4.69, 9.17) is 18.5 Å². The molecule has 0 aliphatic carbocycles. The van der Waals surface area contributed by atoms with Crippen LogP contribution < -0.4 is 4.89 Å². The molecule has 0 aliphatic rings. The number of allylic oxidation sites excluding steroid dienone is 10. The van der Waals surface area contributed by atoms with Gasteiger partial charge in [-0.3, -0.25) is 14.2 Å². The SMILES string of the molecule is CC/C=C\C/C=C\C/C=C\C/C=C\CCCCCCCCCCCCCCCCC(=O)OC(COC(=O)CCCCCCCCCCCCCCCCC/C=C\CCCCCCCCCC)COP(=O)([O-])OCC[N+](C)(C)C. The number of quaternary nitrogens is 1. The fourth-order valence-electron chi connectivity index (χ4n) is 9.47. The molecule has 10 heteroatoms. The summed E-state index contributed by atoms with van der Waals surface area (Å²) < 4.78 is 34.3. The van der Waals surface area contributed by atoms with Crippen LogP contribution in [0, 0.1) is 0 Å². The van der Waals surface area contributed by atoms with Crippen molar-refractivity contribution in [3.05, 3.63) is 60.8 Å². The number of nitrogens with zero attached hydrogens (tertiary/aromatic N) is 1. The molecule has 0 radical (unpaired) electrons. The van der Waals surface area contributed by atoms with Crippen molar-refractivity contribution >= 4 is 19.8 Å². The number of phosphoric ester groups is 1. The number of hydrogen-bond donors (Lipinski definition) is 0. The molecule has 456 valence electrons. The Labute approximate surface area is 483 Å². The second-order valence-corrected chi connectivity index (χ2v) is 24.9. The molecular weight excluding hydrogens is 990 g/mol. The number of unbranched alkanes of at least 4 members (excludes halogenated alkanes) is 37. The van der Waals surface area contributed by atoms with E-state index in [1.807, 2.05) is 21.1 Å². The molecule has 0 aromatic carbocycles. The second kappa shape index (κ2) is 59.3. The smallest absolute Gasteiger partial charge is 0.306 e. The Morgan fingerprint density at radius 3 is 1.10 bits per heavy atom. The topological polar surface area (TPSA) is 111 Å². The Morgan fingerprint density at radius 1 is 0.410 bits per heavy atom. The van der Waals surface area contributed by atoms with Crippen LogP contribution in [0.4, 0.5) is 0 Å². The van der Waals surface area contributed by atoms with Crippen LogP contribution in [0.3, 0.4) is 0 Å². The molecule has 0 spiro atoms. The Hall–Kier alpha value is -2.29. The zero-order chi connectivity index (χ0) is 57.0. The Kier molecular flexibility index (Phi) is 57.6. The van der Waals surface area contributed by atoms with E-state index in [1.165, 1.54) is 212 Å². The van der Waals surface area contributed by atoms with Crippen LogP contribution in [0.2, 0.25) is 0 Å². The van der Waals surface area contributed by atoms with Crippen molar-refractivity contribution in [2.45, 2.75) is 315 Å². The third-order valence-corrected chi connectivity index (χ3v) is 15.5. The average molecular weight is 1120 g/mol. The molecule has 0 amide bonds. The summed E-state index contributed by atoms with van der Waals surface area (Å²) in [6, 6.07) is 0. The van der Waals surface area contributed by atoms with Gasteiger partial charge < -0.3 is 27.9 Å². The summed E-state index contributed by atoms with van der Waals surface area (Å²) in [5.74, 6) is -0.821. The predicted molar refractivity (Wildman–Crippen MR) is 333 cm³/mol. The highest BCUT2D eigenvalue weighted by Gasteiger charge is 2.22. The van der Waals surface area contributed by atoms with Gasteiger partial charge in [0.2, 0.25) is 0 Å². The Bertz CT molecular complexity index is 1500. The van der Waals surface area contributed by atoms with Gasteiger partial charge in [0, 0.05) is 12.8 Å². The lowest BCUT2D eigenvalue weighted by atomic mass is 10.0. The number of rotatable bonds is 61. The minimum absolute atomic E-state index is 0.0307. The van der Waals surface area contributed by atoms with E-state index in [0.717, 1.165) is 64.2 Å². The fraction of sp³-hybridized carbons (Fsp3) is 0.824. The zero-order valence-corrected chi connectivity index (χ0v) is 52.8. The average Bonchev–Trinajstić information content (AvgIpc) is 3.41. The van der Waals surface area contributed by atoms with E-state index in [1.54, 1.807) is 0 Å². The summed E-state index contributed by atoms with van der Waals surface area (Å²) in [5.41, 5.74) is 0. The second-order valence-electron chi connectivity index (χ2n) is 23.5. The highest BCUT2D eigenvalue weighted by molar-refractivity contribution is 7.45. The third-order valence-electron chi connectivity index (χ3n) is 14.5. The molecule has 0 bridgehead atoms. The quantitative estimate of drug-likeness (QED) is 0.0195. The molecule has 0 heterocycles. The van der Waals surface area contributed by atoms with Crippen molar-refractivity contribution in [2.24, 2.45) is 0 Å². The number of carbonyl (C=O) groups is 2. The summed E-state index contributed by atoms with van der Waals surface area (Å²) >= 11 is 0. The highest BCUT2D eigenvalue weighted by atomic mass is 31.2. The van der Waals surface area contributed by atoms with Gasteiger partial charge in [-0.2, -0.15) is 0 Å². The van der Waals surface area contributed by atoms with Gasteiger partial charge in [0.05, 0.1) is 27.7 Å². The van der Waals surface area contributed by atoms with Crippen LogP contribution in [-0.4, -0.2) is 70.0 Å². The molecule has 0 aromatic rings. The number of ether oxygens (including phenoxy) is 2. The third kappa shape index (κ3) is 62.9. The fourth-order valence-corrected chi connectivity index (χ4v) is 10.2. The maximum atomic E-state index is 12.8. The molecular formula is C68H126NO8P. The van der Waals surface area contributed by atoms with Gasteiger partial charge in [-0.05, 0) is 77.0 Å². The van der Waals surface area contributed by atoms with Gasteiger partial charge >= 0.3 is 11.9 Å². The van der Waals surface area contributed by atoms with Crippen molar-refractivity contribution in [1.82, 2.24) is 0 Å². The standard InChI is InChI=1S/C68H126NO8P/c1-6-8-10-12-14-16-18-20-22-24-26-28-30-32-34-36-38-40-42-44-46-48-50-52-54-56-58-60-67(70)74-64-66(65-76-78(72,73)75-63-62-69(3,4)5)77-68(71)61-59-57-55-53-51-49-47-45-43-41-39-37-35-33-31-29-27-25-23-21-19-17-15-13-11-9-7-2/h9,11,15,17,21,23-24,26-27,29,66H,6-8,10,12-14,16,18-20,22,25,28,30-65H2,1-5H3/b11-9-,17-15-,23-21-,26-24-,29-27-. The summed E-state index contributed by atoms with van der Waals surface area (Å²) in [7, 11) is 1.17. The van der Waals surface area contributed by atoms with E-state index in [9.17, 15) is 19.0 Å². The normalized spacial score (nSPS) is 13.6. The number of carbonyl (C=O) groups excluding carboxylic acids is 2. The lowest BCUT2D eigenvalue weighted by Crippen LogP contribution is -2.37. The number of hydrogen-bond acceptors (Lipinski definition) is 8. The van der Waals surface area contributed by atoms with Crippen LogP contribution in [0.5, 0.6) is 0 Å². The summed E-state index contributed by atoms with van der Waals surface area (Å²) in [6.07, 6.45) is 77.1. The van der Waals surface area contributed by atoms with Crippen molar-refractivity contribution in [2.75, 3.05) is 47.5 Å². The van der Waals surface area contributed by atoms with Crippen LogP contribution in [0.15, 0.2) is 60.8 Å². The van der Waals surface area contributed by atoms with E-state index in [-0.39, 0.29) is 32.0 Å². The lowest BCUT2D eigenvalue weighted by molar-refractivity contribution is -0.870. The van der Waals surface area contributed by atoms with Crippen molar-refractivity contribution in [1.29, 1.82) is 0 Å². The van der Waals surface area contributed by atoms with Gasteiger partial charge in [0.15, 0.2) is 6.10 Å². The van der Waals surface area contributed by atoms with Crippen LogP contribution >= 0.6 is 7.82 Å². The molecule has 2 atom stereocenters. The minimum atomic E-state index is -4.64. The van der Waals surface area contributed by atoms with Gasteiger partial charge in [-0.25, -0.2) is 0 Å². The van der Waals surface area contributed by atoms with E-state index >= 15 is 0 Å². The van der Waals surface area contributed by atoms with Crippen molar-refractivity contribution < 1.29 is 42.1 Å². The summed E-state index contributed by atoms with van der Waals surface area (Å²) in [4.78, 5) is 38.0. The lowest BCUT2D eigenvalue weighted by Gasteiger charge is -2.28. The van der Waals surface area contributed by atoms with Crippen LogP contribution in [-0.2, 0) is 32.7 Å². The Morgan fingerprint density at radius 2 is 0.731 bits per heavy atom. The largest absolute Gasteiger partial charge is 0.756 e. The van der Waals surface area contributed by atoms with E-state index in [2.05, 4.69) is 74.6 Å². The summed E-state index contributed by atoms with van der Waals surface area (Å²) in [5, 5.41) is 0. The van der Waals surface area contributed by atoms with Gasteiger partial charge in [-0.1, -0.05) is 280 Å². The van der Waals surface area contributed by atoms with Crippen LogP contribution in [0.25, 0.3) is 0 Å². The molecule has 0 saturated heterocycles. The maximum absolute atomic E-state index is 12.8. The molecule has 78 heavy (non-hydrogen) atoms. The van der Waals surface area contributed by atoms with Gasteiger partial charge in [-0.15, -0.1) is 0 Å². The van der Waals surface area contributed by atoms with Gasteiger partial charge in [0.1, 0.15) is 19.8 Å². The zero-order valence-electron chi connectivity index (χ0n) is 51.9. The first-order valence-corrected chi connectivity index (χ1v) is 34.5. The van der Waals surface area contributed by atoms with Crippen molar-refractivity contribution in [3.63, 3.8) is 0 Å². The number of phosphoric acid groups is 1. The first kappa shape index (κ1) is 75.7. The van der Waals surface area contributed by atoms with Crippen LogP contribution in [0.1, 0.15) is 309 Å². The molecule has 0 saturated carbocycles. The first-order chi connectivity index (χ1) is 38.0. The molecule has 0 aliphatic heterocycles. The molecule has 0 fully saturated rings. The van der Waals surface area contributed by atoms with E-state index < -0.39 is 26.5 Å². The molecule has 0 rings (SSSR count). The maximum Gasteiger partial charge on any atom is 0.306 e. The molecule has 9 nitrogen and oxygen atoms in total. The monoisotopic (exact) mass is 1120 g/mol. The highest BCUT2D eigenvalue weighted by Crippen LogP contribution is 2.38. The van der Waals surface area contributed by atoms with Crippen molar-refractivity contribution in [3.8, 4) is 0 Å². The van der Waals surface area contributed by atoms with Gasteiger partial charge in [0.25, 0.3) is 7.82 Å². The molecule has 0 aromatic heterocycles. The number of esters is 2. The predicted octanol–water partition coefficient (Wildman–Crippen LogP) is 20.4. The minimum Gasteiger partial charge on any atom is -0.756 e. The Balaban J connectivity index is 4.06. The molecule has 2 unspecified atom stereocenters. The first-order valence-electron chi connectivity index (χ1n) is 33.0. The summed E-state index contributed by atoms with van der Waals surface area (Å²) in [6.45, 7) is 4.17. The molecule has 0 N–H and O–H groups in total. The van der Waals surface area contributed by atoms with E-state index in [0.29, 0.717) is 17.4 Å². The number of likely N-dealkylation sites (N-methyl/N-ethyl adjacent to an activating group) is 1.